The molecule has 1 atom stereocenters. The first-order valence-electron chi connectivity index (χ1n) is 5.66. The molecule has 0 saturated carbocycles. The van der Waals surface area contributed by atoms with Crippen molar-refractivity contribution in [3.63, 3.8) is 0 Å². The van der Waals surface area contributed by atoms with E-state index >= 15 is 0 Å². The number of likely N-dealkylation sites (tertiary alicyclic amines) is 1. The number of aromatic nitrogens is 3. The van der Waals surface area contributed by atoms with Gasteiger partial charge >= 0.3 is 5.97 Å². The zero-order valence-electron chi connectivity index (χ0n) is 10.1. The quantitative estimate of drug-likeness (QED) is 0.653. The molecule has 1 aromatic heterocycles. The van der Waals surface area contributed by atoms with Gasteiger partial charge in [0.25, 0.3) is 0 Å². The SMILES string of the molecule is C#CCC(N)C(=O)N1CC(n2cc(C(=O)O)nn2)C1. The first-order valence-corrected chi connectivity index (χ1v) is 5.66. The first-order chi connectivity index (χ1) is 9.02. The van der Waals surface area contributed by atoms with E-state index in [-0.39, 0.29) is 24.1 Å². The lowest BCUT2D eigenvalue weighted by Crippen LogP contribution is -2.55. The molecule has 1 amide bonds. The Morgan fingerprint density at radius 3 is 2.84 bits per heavy atom. The minimum absolute atomic E-state index is 0.0671. The van der Waals surface area contributed by atoms with Crippen LogP contribution in [0.1, 0.15) is 23.0 Å². The van der Waals surface area contributed by atoms with E-state index in [9.17, 15) is 9.59 Å². The molecular weight excluding hydrogens is 250 g/mol. The van der Waals surface area contributed by atoms with E-state index in [0.717, 1.165) is 0 Å². The summed E-state index contributed by atoms with van der Waals surface area (Å²) >= 11 is 0. The molecule has 3 N–H and O–H groups in total. The maximum absolute atomic E-state index is 11.8. The van der Waals surface area contributed by atoms with Crippen LogP contribution in [0.3, 0.4) is 0 Å². The number of hydrogen-bond donors (Lipinski definition) is 2. The van der Waals surface area contributed by atoms with Crippen molar-refractivity contribution in [1.29, 1.82) is 0 Å². The van der Waals surface area contributed by atoms with Gasteiger partial charge in [0.2, 0.25) is 5.91 Å². The summed E-state index contributed by atoms with van der Waals surface area (Å²) < 4.78 is 1.44. The van der Waals surface area contributed by atoms with E-state index in [2.05, 4.69) is 16.2 Å². The zero-order valence-corrected chi connectivity index (χ0v) is 10.1. The monoisotopic (exact) mass is 263 g/mol. The van der Waals surface area contributed by atoms with Crippen LogP contribution in [0.2, 0.25) is 0 Å². The molecule has 1 fully saturated rings. The number of carbonyl (C=O) groups excluding carboxylic acids is 1. The molecule has 100 valence electrons. The number of nitrogens with two attached hydrogens (primary N) is 1. The molecule has 1 saturated heterocycles. The molecule has 0 aromatic carbocycles. The van der Waals surface area contributed by atoms with Crippen molar-refractivity contribution in [3.8, 4) is 12.3 Å². The molecule has 8 heteroatoms. The Balaban J connectivity index is 1.90. The van der Waals surface area contributed by atoms with Crippen molar-refractivity contribution in [1.82, 2.24) is 19.9 Å². The van der Waals surface area contributed by atoms with E-state index in [1.807, 2.05) is 0 Å². The number of carbonyl (C=O) groups is 2. The third kappa shape index (κ3) is 2.56. The number of carboxylic acids is 1. The lowest BCUT2D eigenvalue weighted by Gasteiger charge is -2.39. The van der Waals surface area contributed by atoms with Gasteiger partial charge in [-0.3, -0.25) is 4.79 Å². The van der Waals surface area contributed by atoms with Crippen molar-refractivity contribution in [2.24, 2.45) is 5.73 Å². The minimum Gasteiger partial charge on any atom is -0.476 e. The topological polar surface area (TPSA) is 114 Å². The van der Waals surface area contributed by atoms with Crippen LogP contribution in [0.5, 0.6) is 0 Å². The highest BCUT2D eigenvalue weighted by Gasteiger charge is 2.35. The summed E-state index contributed by atoms with van der Waals surface area (Å²) in [5, 5.41) is 16.0. The zero-order chi connectivity index (χ0) is 14.0. The number of carboxylic acid groups (broad SMARTS) is 1. The third-order valence-corrected chi connectivity index (χ3v) is 2.93. The molecule has 1 aliphatic rings. The second kappa shape index (κ2) is 5.07. The third-order valence-electron chi connectivity index (χ3n) is 2.93. The summed E-state index contributed by atoms with van der Waals surface area (Å²) in [6, 6.07) is -0.751. The molecule has 2 rings (SSSR count). The predicted octanol–water partition coefficient (Wildman–Crippen LogP) is -1.29. The van der Waals surface area contributed by atoms with Gasteiger partial charge < -0.3 is 15.7 Å². The van der Waals surface area contributed by atoms with Gasteiger partial charge in [-0.1, -0.05) is 5.21 Å². The minimum atomic E-state index is -1.13. The summed E-state index contributed by atoms with van der Waals surface area (Å²) in [6.07, 6.45) is 6.64. The Labute approximate surface area is 109 Å². The highest BCUT2D eigenvalue weighted by Crippen LogP contribution is 2.21. The molecule has 1 aliphatic heterocycles. The average molecular weight is 263 g/mol. The summed E-state index contributed by atoms with van der Waals surface area (Å²) in [4.78, 5) is 24.0. The molecule has 0 spiro atoms. The molecule has 19 heavy (non-hydrogen) atoms. The molecule has 2 heterocycles. The lowest BCUT2D eigenvalue weighted by atomic mass is 10.1. The second-order valence-electron chi connectivity index (χ2n) is 4.30. The highest BCUT2D eigenvalue weighted by molar-refractivity contribution is 5.84. The van der Waals surface area contributed by atoms with Gasteiger partial charge in [0.05, 0.1) is 18.3 Å². The Bertz CT molecular complexity index is 541. The summed E-state index contributed by atoms with van der Waals surface area (Å²) in [5.41, 5.74) is 5.50. The molecule has 1 aromatic rings. The van der Waals surface area contributed by atoms with E-state index in [1.54, 1.807) is 4.90 Å². The van der Waals surface area contributed by atoms with E-state index in [0.29, 0.717) is 13.1 Å². The van der Waals surface area contributed by atoms with Gasteiger partial charge in [-0.05, 0) is 0 Å². The second-order valence-corrected chi connectivity index (χ2v) is 4.30. The van der Waals surface area contributed by atoms with E-state index < -0.39 is 12.0 Å². The molecule has 8 nitrogen and oxygen atoms in total. The maximum Gasteiger partial charge on any atom is 0.358 e. The van der Waals surface area contributed by atoms with Gasteiger partial charge in [-0.25, -0.2) is 9.48 Å². The summed E-state index contributed by atoms with van der Waals surface area (Å²) in [6.45, 7) is 0.860. The summed E-state index contributed by atoms with van der Waals surface area (Å²) in [5.74, 6) is 1.01. The standard InChI is InChI=1S/C11H13N5O3/c1-2-3-8(12)10(17)15-4-7(5-15)16-6-9(11(18)19)13-14-16/h1,6-8H,3-5,12H2,(H,18,19). The van der Waals surface area contributed by atoms with Crippen LogP contribution >= 0.6 is 0 Å². The van der Waals surface area contributed by atoms with Crippen LogP contribution in [0.25, 0.3) is 0 Å². The van der Waals surface area contributed by atoms with E-state index in [1.165, 1.54) is 10.9 Å². The number of nitrogens with zero attached hydrogens (tertiary/aromatic N) is 4. The Morgan fingerprint density at radius 1 is 1.63 bits per heavy atom. The molecular formula is C11H13N5O3. The van der Waals surface area contributed by atoms with Crippen LogP contribution in [-0.4, -0.2) is 56.0 Å². The number of rotatable bonds is 4. The lowest BCUT2D eigenvalue weighted by molar-refractivity contribution is -0.138. The number of terminal acetylenes is 1. The van der Waals surface area contributed by atoms with Crippen LogP contribution < -0.4 is 5.73 Å². The maximum atomic E-state index is 11.8. The van der Waals surface area contributed by atoms with Crippen LogP contribution in [0, 0.1) is 12.3 Å². The Kier molecular flexibility index (Phi) is 3.48. The fourth-order valence-corrected chi connectivity index (χ4v) is 1.80. The van der Waals surface area contributed by atoms with Gasteiger partial charge in [-0.2, -0.15) is 0 Å². The Hall–Kier alpha value is -2.40. The smallest absolute Gasteiger partial charge is 0.358 e. The molecule has 0 aliphatic carbocycles. The average Bonchev–Trinajstić information content (AvgIpc) is 2.76. The summed E-state index contributed by atoms with van der Waals surface area (Å²) in [7, 11) is 0. The first kappa shape index (κ1) is 13.0. The molecule has 0 bridgehead atoms. The van der Waals surface area contributed by atoms with Gasteiger partial charge in [0.1, 0.15) is 0 Å². The van der Waals surface area contributed by atoms with Crippen molar-refractivity contribution in [2.45, 2.75) is 18.5 Å². The predicted molar refractivity (Wildman–Crippen MR) is 64.0 cm³/mol. The van der Waals surface area contributed by atoms with Crippen molar-refractivity contribution in [2.75, 3.05) is 13.1 Å². The Morgan fingerprint density at radius 2 is 2.32 bits per heavy atom. The van der Waals surface area contributed by atoms with Crippen molar-refractivity contribution >= 4 is 11.9 Å². The number of amides is 1. The highest BCUT2D eigenvalue weighted by atomic mass is 16.4. The number of hydrogen-bond acceptors (Lipinski definition) is 5. The van der Waals surface area contributed by atoms with Crippen LogP contribution in [-0.2, 0) is 4.79 Å². The van der Waals surface area contributed by atoms with Crippen LogP contribution in [0.15, 0.2) is 6.20 Å². The molecule has 0 radical (unpaired) electrons. The van der Waals surface area contributed by atoms with E-state index in [4.69, 9.17) is 17.3 Å². The van der Waals surface area contributed by atoms with Gasteiger partial charge in [-0.15, -0.1) is 17.4 Å². The number of aromatic carboxylic acids is 1. The fraction of sp³-hybridized carbons (Fsp3) is 0.455. The largest absolute Gasteiger partial charge is 0.476 e. The normalized spacial score (nSPS) is 16.5. The van der Waals surface area contributed by atoms with Crippen molar-refractivity contribution in [3.05, 3.63) is 11.9 Å². The van der Waals surface area contributed by atoms with Crippen LogP contribution in [0.4, 0.5) is 0 Å². The molecule has 1 unspecified atom stereocenters. The van der Waals surface area contributed by atoms with Gasteiger partial charge in [0, 0.05) is 19.5 Å². The van der Waals surface area contributed by atoms with Gasteiger partial charge in [0.15, 0.2) is 5.69 Å². The van der Waals surface area contributed by atoms with Crippen molar-refractivity contribution < 1.29 is 14.7 Å². The fourth-order valence-electron chi connectivity index (χ4n) is 1.80.